The van der Waals surface area contributed by atoms with Gasteiger partial charge in [-0.15, -0.1) is 0 Å². The molecule has 31 heavy (non-hydrogen) atoms. The summed E-state index contributed by atoms with van der Waals surface area (Å²) in [5, 5.41) is 11.8. The molecule has 0 aromatic heterocycles. The Morgan fingerprint density at radius 2 is 1.74 bits per heavy atom. The number of nitro groups is 1. The topological polar surface area (TPSA) is 52.4 Å². The van der Waals surface area contributed by atoms with E-state index in [0.29, 0.717) is 5.92 Å². The first kappa shape index (κ1) is 25.8. The molecule has 1 saturated carbocycles. The molecule has 1 aliphatic rings. The van der Waals surface area contributed by atoms with Gasteiger partial charge in [-0.05, 0) is 41.4 Å². The maximum Gasteiger partial charge on any atom is 0.273 e. The summed E-state index contributed by atoms with van der Waals surface area (Å²) in [7, 11) is -1.91. The van der Waals surface area contributed by atoms with Crippen LogP contribution in [0.4, 0.5) is 5.69 Å². The van der Waals surface area contributed by atoms with Gasteiger partial charge in [0.1, 0.15) is 0 Å². The van der Waals surface area contributed by atoms with Gasteiger partial charge in [0, 0.05) is 11.6 Å². The van der Waals surface area contributed by atoms with Crippen molar-refractivity contribution in [2.24, 2.45) is 5.92 Å². The van der Waals surface area contributed by atoms with Crippen molar-refractivity contribution in [1.29, 1.82) is 0 Å². The van der Waals surface area contributed by atoms with Crippen molar-refractivity contribution in [3.63, 3.8) is 0 Å². The molecule has 4 nitrogen and oxygen atoms in total. The van der Waals surface area contributed by atoms with Crippen molar-refractivity contribution in [2.45, 2.75) is 110 Å². The molecule has 2 rings (SSSR count). The van der Waals surface area contributed by atoms with Gasteiger partial charge in [0.2, 0.25) is 0 Å². The molecule has 0 aliphatic heterocycles. The van der Waals surface area contributed by atoms with Crippen LogP contribution in [0.25, 0.3) is 6.08 Å². The minimum atomic E-state index is -1.91. The molecule has 0 spiro atoms. The lowest BCUT2D eigenvalue weighted by atomic mass is 9.84. The lowest BCUT2D eigenvalue weighted by Crippen LogP contribution is -2.44. The molecule has 0 N–H and O–H groups in total. The van der Waals surface area contributed by atoms with Crippen molar-refractivity contribution in [1.82, 2.24) is 0 Å². The molecule has 0 heterocycles. The van der Waals surface area contributed by atoms with E-state index in [4.69, 9.17) is 4.43 Å². The fourth-order valence-electron chi connectivity index (χ4n) is 4.13. The van der Waals surface area contributed by atoms with Crippen LogP contribution >= 0.6 is 0 Å². The molecule has 1 unspecified atom stereocenters. The molecule has 174 valence electrons. The summed E-state index contributed by atoms with van der Waals surface area (Å²) in [6.45, 7) is 17.5. The molecular weight excluding hydrogens is 402 g/mol. The highest BCUT2D eigenvalue weighted by Crippen LogP contribution is 2.39. The van der Waals surface area contributed by atoms with E-state index >= 15 is 0 Å². The van der Waals surface area contributed by atoms with Gasteiger partial charge < -0.3 is 4.43 Å². The van der Waals surface area contributed by atoms with Crippen LogP contribution in [0.5, 0.6) is 0 Å². The predicted molar refractivity (Wildman–Crippen MR) is 134 cm³/mol. The Balaban J connectivity index is 2.30. The van der Waals surface area contributed by atoms with E-state index < -0.39 is 8.32 Å². The minimum absolute atomic E-state index is 0.0605. The van der Waals surface area contributed by atoms with E-state index in [-0.39, 0.29) is 27.2 Å². The van der Waals surface area contributed by atoms with Gasteiger partial charge in [0.15, 0.2) is 8.32 Å². The predicted octanol–water partition coefficient (Wildman–Crippen LogP) is 8.27. The van der Waals surface area contributed by atoms with Crippen LogP contribution in [-0.4, -0.2) is 19.3 Å². The Hall–Kier alpha value is -1.46. The first-order valence-corrected chi connectivity index (χ1v) is 14.8. The number of rotatable bonds is 7. The van der Waals surface area contributed by atoms with Crippen LogP contribution in [0.2, 0.25) is 18.1 Å². The van der Waals surface area contributed by atoms with E-state index in [0.717, 1.165) is 17.5 Å². The third kappa shape index (κ3) is 7.28. The van der Waals surface area contributed by atoms with Crippen LogP contribution in [-0.2, 0) is 9.84 Å². The zero-order valence-corrected chi connectivity index (χ0v) is 22.0. The van der Waals surface area contributed by atoms with Gasteiger partial charge in [-0.1, -0.05) is 97.9 Å². The summed E-state index contributed by atoms with van der Waals surface area (Å²) in [4.78, 5) is 11.4. The van der Waals surface area contributed by atoms with Crippen molar-refractivity contribution in [2.75, 3.05) is 0 Å². The highest BCUT2D eigenvalue weighted by molar-refractivity contribution is 6.74. The third-order valence-corrected chi connectivity index (χ3v) is 11.6. The summed E-state index contributed by atoms with van der Waals surface area (Å²) in [5.41, 5.74) is 1.57. The third-order valence-electron chi connectivity index (χ3n) is 7.07. The number of benzene rings is 1. The van der Waals surface area contributed by atoms with Gasteiger partial charge in [-0.3, -0.25) is 10.1 Å². The van der Waals surface area contributed by atoms with Gasteiger partial charge in [-0.25, -0.2) is 0 Å². The Bertz CT molecular complexity index is 781. The molecular formula is C26H43NO3Si. The molecule has 1 atom stereocenters. The first-order valence-electron chi connectivity index (χ1n) is 11.9. The van der Waals surface area contributed by atoms with Crippen LogP contribution in [0.1, 0.15) is 91.2 Å². The molecule has 1 fully saturated rings. The summed E-state index contributed by atoms with van der Waals surface area (Å²) in [6, 6.07) is 5.61. The number of nitrogens with zero attached hydrogens (tertiary/aromatic N) is 1. The van der Waals surface area contributed by atoms with Gasteiger partial charge >= 0.3 is 0 Å². The molecule has 0 amide bonds. The fourth-order valence-corrected chi connectivity index (χ4v) is 5.41. The zero-order chi connectivity index (χ0) is 23.4. The Morgan fingerprint density at radius 3 is 2.26 bits per heavy atom. The molecule has 5 heteroatoms. The molecule has 1 aromatic carbocycles. The number of hydrogen-bond acceptors (Lipinski definition) is 3. The summed E-state index contributed by atoms with van der Waals surface area (Å²) in [6.07, 6.45) is 11.9. The highest BCUT2D eigenvalue weighted by Gasteiger charge is 2.39. The van der Waals surface area contributed by atoms with Gasteiger partial charge in [0.05, 0.1) is 11.0 Å². The van der Waals surface area contributed by atoms with Gasteiger partial charge in [-0.2, -0.15) is 0 Å². The lowest BCUT2D eigenvalue weighted by molar-refractivity contribution is -0.386. The molecule has 1 aliphatic carbocycles. The van der Waals surface area contributed by atoms with Crippen LogP contribution in [0, 0.1) is 16.0 Å². The van der Waals surface area contributed by atoms with E-state index in [1.54, 1.807) is 6.07 Å². The average Bonchev–Trinajstić information content (AvgIpc) is 2.64. The minimum Gasteiger partial charge on any atom is -0.411 e. The normalized spacial score (nSPS) is 17.8. The van der Waals surface area contributed by atoms with E-state index in [1.165, 1.54) is 32.1 Å². The Labute approximate surface area is 190 Å². The summed E-state index contributed by atoms with van der Waals surface area (Å²) in [5.74, 6) is 0.714. The molecule has 1 aromatic rings. The summed E-state index contributed by atoms with van der Waals surface area (Å²) >= 11 is 0. The second-order valence-electron chi connectivity index (χ2n) is 11.8. The highest BCUT2D eigenvalue weighted by atomic mass is 28.4. The SMILES string of the molecule is CC(C)(C)c1ccc(C=CC(CC2CCCCC2)O[Si](C)(C)C(C)(C)C)cc1[N+](=O)[O-]. The molecule has 0 bridgehead atoms. The quantitative estimate of drug-likeness (QED) is 0.241. The fraction of sp³-hybridized carbons (Fsp3) is 0.692. The average molecular weight is 446 g/mol. The lowest BCUT2D eigenvalue weighted by Gasteiger charge is -2.39. The van der Waals surface area contributed by atoms with Crippen LogP contribution in [0.15, 0.2) is 24.3 Å². The number of nitro benzene ring substituents is 1. The standard InChI is InChI=1S/C26H43NO3Si/c1-25(2,3)23-17-15-21(19-24(23)27(28)29)14-16-22(18-20-12-10-9-11-13-20)30-31(7,8)26(4,5)6/h14-17,19-20,22H,9-13,18H2,1-8H3. The van der Waals surface area contributed by atoms with Crippen molar-refractivity contribution >= 4 is 20.1 Å². The van der Waals surface area contributed by atoms with E-state index in [9.17, 15) is 10.1 Å². The zero-order valence-electron chi connectivity index (χ0n) is 21.0. The van der Waals surface area contributed by atoms with Crippen molar-refractivity contribution < 1.29 is 9.35 Å². The largest absolute Gasteiger partial charge is 0.411 e. The monoisotopic (exact) mass is 445 g/mol. The molecule has 0 radical (unpaired) electrons. The van der Waals surface area contributed by atoms with Crippen LogP contribution < -0.4 is 0 Å². The van der Waals surface area contributed by atoms with E-state index in [2.05, 4.69) is 39.9 Å². The smallest absolute Gasteiger partial charge is 0.273 e. The van der Waals surface area contributed by atoms with E-state index in [1.807, 2.05) is 39.0 Å². The maximum absolute atomic E-state index is 11.7. The molecule has 0 saturated heterocycles. The number of hydrogen-bond donors (Lipinski definition) is 0. The second kappa shape index (κ2) is 9.99. The summed E-state index contributed by atoms with van der Waals surface area (Å²) < 4.78 is 6.80. The Morgan fingerprint density at radius 1 is 1.13 bits per heavy atom. The second-order valence-corrected chi connectivity index (χ2v) is 16.6. The Kier molecular flexibility index (Phi) is 8.31. The van der Waals surface area contributed by atoms with Gasteiger partial charge in [0.25, 0.3) is 5.69 Å². The first-order chi connectivity index (χ1) is 14.2. The maximum atomic E-state index is 11.7. The van der Waals surface area contributed by atoms with Crippen molar-refractivity contribution in [3.8, 4) is 0 Å². The van der Waals surface area contributed by atoms with Crippen molar-refractivity contribution in [3.05, 3.63) is 45.5 Å². The van der Waals surface area contributed by atoms with Crippen LogP contribution in [0.3, 0.4) is 0 Å².